The SMILES string of the molecule is COc1ccc2c(c1)C(Nc1ccc(F)c(Cl)c1)CC2. The third-order valence-corrected chi connectivity index (χ3v) is 3.98. The number of halogens is 2. The monoisotopic (exact) mass is 291 g/mol. The second-order valence-electron chi connectivity index (χ2n) is 4.93. The average Bonchev–Trinajstić information content (AvgIpc) is 2.85. The highest BCUT2D eigenvalue weighted by Gasteiger charge is 2.23. The molecule has 2 nitrogen and oxygen atoms in total. The number of benzene rings is 2. The van der Waals surface area contributed by atoms with Gasteiger partial charge >= 0.3 is 0 Å². The van der Waals surface area contributed by atoms with Crippen LogP contribution in [0, 0.1) is 5.82 Å². The lowest BCUT2D eigenvalue weighted by Gasteiger charge is -2.16. The summed E-state index contributed by atoms with van der Waals surface area (Å²) in [6.07, 6.45) is 2.05. The molecule has 0 amide bonds. The third kappa shape index (κ3) is 2.46. The van der Waals surface area contributed by atoms with Crippen molar-refractivity contribution in [2.24, 2.45) is 0 Å². The van der Waals surface area contributed by atoms with E-state index in [1.165, 1.54) is 17.2 Å². The molecule has 0 saturated carbocycles. The molecule has 1 unspecified atom stereocenters. The van der Waals surface area contributed by atoms with E-state index in [9.17, 15) is 4.39 Å². The van der Waals surface area contributed by atoms with Crippen molar-refractivity contribution in [3.63, 3.8) is 0 Å². The van der Waals surface area contributed by atoms with E-state index in [0.29, 0.717) is 0 Å². The fourth-order valence-corrected chi connectivity index (χ4v) is 2.82. The van der Waals surface area contributed by atoms with E-state index < -0.39 is 5.82 Å². The van der Waals surface area contributed by atoms with Crippen LogP contribution in [0.25, 0.3) is 0 Å². The molecule has 1 aliphatic rings. The van der Waals surface area contributed by atoms with Gasteiger partial charge in [-0.25, -0.2) is 4.39 Å². The van der Waals surface area contributed by atoms with Crippen LogP contribution in [-0.2, 0) is 6.42 Å². The van der Waals surface area contributed by atoms with Gasteiger partial charge in [0.2, 0.25) is 0 Å². The first-order valence-electron chi connectivity index (χ1n) is 6.56. The number of methoxy groups -OCH3 is 1. The fourth-order valence-electron chi connectivity index (χ4n) is 2.64. The Morgan fingerprint density at radius 3 is 2.85 bits per heavy atom. The van der Waals surface area contributed by atoms with E-state index in [1.54, 1.807) is 19.2 Å². The van der Waals surface area contributed by atoms with Crippen LogP contribution < -0.4 is 10.1 Å². The summed E-state index contributed by atoms with van der Waals surface area (Å²) < 4.78 is 18.4. The molecule has 1 atom stereocenters. The Labute approximate surface area is 122 Å². The van der Waals surface area contributed by atoms with Crippen molar-refractivity contribution in [2.75, 3.05) is 12.4 Å². The highest BCUT2D eigenvalue weighted by Crippen LogP contribution is 2.36. The van der Waals surface area contributed by atoms with Crippen LogP contribution in [0.15, 0.2) is 36.4 Å². The normalized spacial score (nSPS) is 16.9. The lowest BCUT2D eigenvalue weighted by molar-refractivity contribution is 0.414. The van der Waals surface area contributed by atoms with Crippen molar-refractivity contribution in [3.05, 3.63) is 58.4 Å². The fraction of sp³-hybridized carbons (Fsp3) is 0.250. The summed E-state index contributed by atoms with van der Waals surface area (Å²) >= 11 is 5.81. The van der Waals surface area contributed by atoms with E-state index in [4.69, 9.17) is 16.3 Å². The molecule has 0 bridgehead atoms. The zero-order valence-electron chi connectivity index (χ0n) is 11.1. The molecule has 4 heteroatoms. The molecule has 0 aliphatic heterocycles. The molecule has 3 rings (SSSR count). The molecule has 0 aromatic heterocycles. The second kappa shape index (κ2) is 5.33. The Morgan fingerprint density at radius 2 is 2.10 bits per heavy atom. The summed E-state index contributed by atoms with van der Waals surface area (Å²) in [5, 5.41) is 3.55. The standard InChI is InChI=1S/C16H15ClFNO/c1-20-12-5-2-10-3-7-16(13(10)9-12)19-11-4-6-15(18)14(17)8-11/h2,4-6,8-9,16,19H,3,7H2,1H3. The van der Waals surface area contributed by atoms with Crippen LogP contribution in [0.5, 0.6) is 5.75 Å². The van der Waals surface area contributed by atoms with Crippen LogP contribution in [0.3, 0.4) is 0 Å². The molecule has 1 N–H and O–H groups in total. The van der Waals surface area contributed by atoms with Crippen LogP contribution in [0.2, 0.25) is 5.02 Å². The minimum atomic E-state index is -0.397. The average molecular weight is 292 g/mol. The third-order valence-electron chi connectivity index (χ3n) is 3.69. The Morgan fingerprint density at radius 1 is 1.25 bits per heavy atom. The van der Waals surface area contributed by atoms with Gasteiger partial charge in [-0.2, -0.15) is 0 Å². The van der Waals surface area contributed by atoms with Crippen molar-refractivity contribution < 1.29 is 9.13 Å². The minimum absolute atomic E-state index is 0.138. The summed E-state index contributed by atoms with van der Waals surface area (Å²) in [5.41, 5.74) is 3.40. The Hall–Kier alpha value is -1.74. The highest BCUT2D eigenvalue weighted by molar-refractivity contribution is 6.31. The second-order valence-corrected chi connectivity index (χ2v) is 5.34. The molecule has 1 aliphatic carbocycles. The maximum Gasteiger partial charge on any atom is 0.141 e. The Balaban J connectivity index is 1.85. The van der Waals surface area contributed by atoms with Crippen molar-refractivity contribution in [2.45, 2.75) is 18.9 Å². The maximum absolute atomic E-state index is 13.2. The predicted octanol–water partition coefficient (Wildman–Crippen LogP) is 4.59. The molecule has 0 radical (unpaired) electrons. The van der Waals surface area contributed by atoms with Crippen molar-refractivity contribution in [1.29, 1.82) is 0 Å². The van der Waals surface area contributed by atoms with Gasteiger partial charge in [0.05, 0.1) is 18.2 Å². The Bertz CT molecular complexity index is 644. The van der Waals surface area contributed by atoms with Crippen LogP contribution in [0.1, 0.15) is 23.6 Å². The maximum atomic E-state index is 13.2. The first-order valence-corrected chi connectivity index (χ1v) is 6.93. The first kappa shape index (κ1) is 13.3. The zero-order chi connectivity index (χ0) is 14.1. The van der Waals surface area contributed by atoms with Gasteiger partial charge in [-0.3, -0.25) is 0 Å². The van der Waals surface area contributed by atoms with Crippen molar-refractivity contribution >= 4 is 17.3 Å². The summed E-state index contributed by atoms with van der Waals surface area (Å²) in [6.45, 7) is 0. The van der Waals surface area contributed by atoms with E-state index in [-0.39, 0.29) is 11.1 Å². The molecule has 104 valence electrons. The smallest absolute Gasteiger partial charge is 0.141 e. The van der Waals surface area contributed by atoms with Gasteiger partial charge in [-0.1, -0.05) is 17.7 Å². The summed E-state index contributed by atoms with van der Waals surface area (Å²) in [4.78, 5) is 0. The van der Waals surface area contributed by atoms with Gasteiger partial charge < -0.3 is 10.1 Å². The van der Waals surface area contributed by atoms with E-state index in [2.05, 4.69) is 17.4 Å². The molecule has 20 heavy (non-hydrogen) atoms. The highest BCUT2D eigenvalue weighted by atomic mass is 35.5. The number of hydrogen-bond donors (Lipinski definition) is 1. The summed E-state index contributed by atoms with van der Waals surface area (Å²) in [6, 6.07) is 11.1. The van der Waals surface area contributed by atoms with Crippen LogP contribution in [-0.4, -0.2) is 7.11 Å². The largest absolute Gasteiger partial charge is 0.497 e. The topological polar surface area (TPSA) is 21.3 Å². The van der Waals surface area contributed by atoms with E-state index in [0.717, 1.165) is 24.3 Å². The van der Waals surface area contributed by atoms with Gasteiger partial charge in [-0.15, -0.1) is 0 Å². The van der Waals surface area contributed by atoms with Crippen LogP contribution >= 0.6 is 11.6 Å². The molecule has 2 aromatic rings. The molecular formula is C16H15ClFNO. The van der Waals surface area contributed by atoms with E-state index in [1.807, 2.05) is 6.07 Å². The molecule has 0 saturated heterocycles. The number of hydrogen-bond acceptors (Lipinski definition) is 2. The van der Waals surface area contributed by atoms with Crippen LogP contribution in [0.4, 0.5) is 10.1 Å². The predicted molar refractivity (Wildman–Crippen MR) is 79.1 cm³/mol. The number of ether oxygens (including phenoxy) is 1. The molecule has 0 fully saturated rings. The van der Waals surface area contributed by atoms with Gasteiger partial charge in [0.25, 0.3) is 0 Å². The van der Waals surface area contributed by atoms with Gasteiger partial charge in [-0.05, 0) is 54.3 Å². The molecule has 2 aromatic carbocycles. The van der Waals surface area contributed by atoms with Gasteiger partial charge in [0.15, 0.2) is 0 Å². The number of anilines is 1. The van der Waals surface area contributed by atoms with Crippen molar-refractivity contribution in [3.8, 4) is 5.75 Å². The molecular weight excluding hydrogens is 277 g/mol. The zero-order valence-corrected chi connectivity index (χ0v) is 11.9. The lowest BCUT2D eigenvalue weighted by Crippen LogP contribution is -2.07. The minimum Gasteiger partial charge on any atom is -0.497 e. The van der Waals surface area contributed by atoms with Gasteiger partial charge in [0.1, 0.15) is 11.6 Å². The first-order chi connectivity index (χ1) is 9.67. The summed E-state index contributed by atoms with van der Waals surface area (Å²) in [5.74, 6) is 0.459. The quantitative estimate of drug-likeness (QED) is 0.893. The molecule has 0 heterocycles. The van der Waals surface area contributed by atoms with E-state index >= 15 is 0 Å². The molecule has 0 spiro atoms. The summed E-state index contributed by atoms with van der Waals surface area (Å²) in [7, 11) is 1.67. The van der Waals surface area contributed by atoms with Gasteiger partial charge in [0, 0.05) is 5.69 Å². The number of rotatable bonds is 3. The lowest BCUT2D eigenvalue weighted by atomic mass is 10.1. The number of nitrogens with one attached hydrogen (secondary N) is 1. The number of fused-ring (bicyclic) bond motifs is 1. The Kier molecular flexibility index (Phi) is 3.53. The van der Waals surface area contributed by atoms with Crippen molar-refractivity contribution in [1.82, 2.24) is 0 Å². The number of aryl methyl sites for hydroxylation is 1.